The fourth-order valence-electron chi connectivity index (χ4n) is 2.44. The van der Waals surface area contributed by atoms with Gasteiger partial charge in [-0.05, 0) is 24.6 Å². The first-order valence-electron chi connectivity index (χ1n) is 6.34. The van der Waals surface area contributed by atoms with E-state index in [0.29, 0.717) is 6.04 Å². The summed E-state index contributed by atoms with van der Waals surface area (Å²) in [5.41, 5.74) is 1.16. The van der Waals surface area contributed by atoms with Crippen LogP contribution in [0.15, 0.2) is 36.4 Å². The quantitative estimate of drug-likeness (QED) is 0.824. The van der Waals surface area contributed by atoms with Gasteiger partial charge < -0.3 is 5.32 Å². The third-order valence-electron chi connectivity index (χ3n) is 4.07. The normalized spacial score (nSPS) is 25.7. The molecule has 0 radical (unpaired) electrons. The molecular formula is C15H17ClN2. The van der Waals surface area contributed by atoms with Gasteiger partial charge in [0.2, 0.25) is 0 Å². The average Bonchev–Trinajstić information content (AvgIpc) is 2.38. The summed E-state index contributed by atoms with van der Waals surface area (Å²) in [6, 6.07) is 12.7. The van der Waals surface area contributed by atoms with Crippen LogP contribution in [0.1, 0.15) is 20.3 Å². The average molecular weight is 261 g/mol. The second kappa shape index (κ2) is 4.13. The highest BCUT2D eigenvalue weighted by Crippen LogP contribution is 2.45. The zero-order chi connectivity index (χ0) is 12.8. The van der Waals surface area contributed by atoms with E-state index >= 15 is 0 Å². The zero-order valence-corrected chi connectivity index (χ0v) is 11.4. The van der Waals surface area contributed by atoms with Crippen molar-refractivity contribution in [2.45, 2.75) is 31.7 Å². The molecule has 1 fully saturated rings. The molecule has 0 saturated heterocycles. The largest absolute Gasteiger partial charge is 0.367 e. The smallest absolute Gasteiger partial charge is 0.126 e. The Bertz CT molecular complexity index is 579. The zero-order valence-electron chi connectivity index (χ0n) is 10.7. The first kappa shape index (κ1) is 11.8. The summed E-state index contributed by atoms with van der Waals surface area (Å²) in [7, 11) is 0. The van der Waals surface area contributed by atoms with Gasteiger partial charge in [0.1, 0.15) is 5.82 Å². The van der Waals surface area contributed by atoms with Crippen LogP contribution in [0.3, 0.4) is 0 Å². The predicted molar refractivity (Wildman–Crippen MR) is 77.2 cm³/mol. The van der Waals surface area contributed by atoms with Gasteiger partial charge in [-0.2, -0.15) is 0 Å². The molecule has 0 amide bonds. The van der Waals surface area contributed by atoms with Crippen molar-refractivity contribution in [1.29, 1.82) is 0 Å². The lowest BCUT2D eigenvalue weighted by molar-refractivity contribution is 0.168. The summed E-state index contributed by atoms with van der Waals surface area (Å²) in [6.07, 6.45) is 1.00. The van der Waals surface area contributed by atoms with Gasteiger partial charge >= 0.3 is 0 Å². The molecule has 2 aromatic rings. The first-order valence-corrected chi connectivity index (χ1v) is 6.77. The highest BCUT2D eigenvalue weighted by atomic mass is 35.5. The number of anilines is 1. The lowest BCUT2D eigenvalue weighted by atomic mass is 9.67. The number of para-hydroxylation sites is 1. The van der Waals surface area contributed by atoms with Gasteiger partial charge in [-0.25, -0.2) is 4.98 Å². The summed E-state index contributed by atoms with van der Waals surface area (Å²) in [4.78, 5) is 4.63. The standard InChI is InChI=1S/C15H17ClN2/c1-15(2)12(16)9-13(15)18-14-8-7-10-5-3-4-6-11(10)17-14/h3-8,12-13H,9H2,1-2H3,(H,17,18). The Balaban J connectivity index is 1.83. The maximum Gasteiger partial charge on any atom is 0.126 e. The summed E-state index contributed by atoms with van der Waals surface area (Å²) >= 11 is 6.24. The van der Waals surface area contributed by atoms with E-state index in [4.69, 9.17) is 11.6 Å². The van der Waals surface area contributed by atoms with Crippen LogP contribution in [0.25, 0.3) is 10.9 Å². The molecule has 2 nitrogen and oxygen atoms in total. The van der Waals surface area contributed by atoms with Gasteiger partial charge in [0.05, 0.1) is 5.52 Å². The van der Waals surface area contributed by atoms with Crippen molar-refractivity contribution in [2.75, 3.05) is 5.32 Å². The van der Waals surface area contributed by atoms with Crippen LogP contribution in [0, 0.1) is 5.41 Å². The first-order chi connectivity index (χ1) is 8.57. The molecule has 2 unspecified atom stereocenters. The molecule has 1 aromatic carbocycles. The molecule has 94 valence electrons. The van der Waals surface area contributed by atoms with Crippen LogP contribution in [0.5, 0.6) is 0 Å². The third kappa shape index (κ3) is 1.85. The van der Waals surface area contributed by atoms with Gasteiger partial charge in [0.15, 0.2) is 0 Å². The molecular weight excluding hydrogens is 244 g/mol. The van der Waals surface area contributed by atoms with Gasteiger partial charge in [-0.15, -0.1) is 11.6 Å². The Kier molecular flexibility index (Phi) is 2.70. The van der Waals surface area contributed by atoms with E-state index in [-0.39, 0.29) is 10.8 Å². The van der Waals surface area contributed by atoms with Crippen LogP contribution in [0.2, 0.25) is 0 Å². The molecule has 1 aromatic heterocycles. The molecule has 0 bridgehead atoms. The third-order valence-corrected chi connectivity index (χ3v) is 4.81. The minimum atomic E-state index is 0.134. The van der Waals surface area contributed by atoms with Crippen LogP contribution in [0.4, 0.5) is 5.82 Å². The van der Waals surface area contributed by atoms with Crippen molar-refractivity contribution < 1.29 is 0 Å². The van der Waals surface area contributed by atoms with Crippen LogP contribution in [-0.2, 0) is 0 Å². The van der Waals surface area contributed by atoms with Gasteiger partial charge in [0, 0.05) is 22.2 Å². The summed E-state index contributed by atoms with van der Waals surface area (Å²) in [5.74, 6) is 0.940. The van der Waals surface area contributed by atoms with E-state index in [1.165, 1.54) is 5.39 Å². The molecule has 3 heteroatoms. The number of halogens is 1. The van der Waals surface area contributed by atoms with Crippen LogP contribution >= 0.6 is 11.6 Å². The molecule has 1 aliphatic carbocycles. The van der Waals surface area contributed by atoms with Crippen molar-refractivity contribution in [3.8, 4) is 0 Å². The van der Waals surface area contributed by atoms with Crippen molar-refractivity contribution in [1.82, 2.24) is 4.98 Å². The van der Waals surface area contributed by atoms with E-state index in [9.17, 15) is 0 Å². The summed E-state index contributed by atoms with van der Waals surface area (Å²) < 4.78 is 0. The van der Waals surface area contributed by atoms with Gasteiger partial charge in [-0.1, -0.05) is 32.0 Å². The van der Waals surface area contributed by atoms with E-state index in [1.54, 1.807) is 0 Å². The summed E-state index contributed by atoms with van der Waals surface area (Å²) in [6.45, 7) is 4.40. The minimum Gasteiger partial charge on any atom is -0.367 e. The number of pyridine rings is 1. The maximum atomic E-state index is 6.24. The van der Waals surface area contributed by atoms with Gasteiger partial charge in [0.25, 0.3) is 0 Å². The topological polar surface area (TPSA) is 24.9 Å². The molecule has 0 spiro atoms. The Morgan fingerprint density at radius 3 is 2.72 bits per heavy atom. The Hall–Kier alpha value is -1.28. The Morgan fingerprint density at radius 1 is 1.22 bits per heavy atom. The highest BCUT2D eigenvalue weighted by Gasteiger charge is 2.47. The number of hydrogen-bond donors (Lipinski definition) is 1. The van der Waals surface area contributed by atoms with Crippen molar-refractivity contribution in [3.63, 3.8) is 0 Å². The van der Waals surface area contributed by atoms with E-state index < -0.39 is 0 Å². The van der Waals surface area contributed by atoms with Crippen molar-refractivity contribution in [3.05, 3.63) is 36.4 Å². The lowest BCUT2D eigenvalue weighted by Gasteiger charge is -2.49. The maximum absolute atomic E-state index is 6.24. The number of benzene rings is 1. The van der Waals surface area contributed by atoms with Crippen molar-refractivity contribution in [2.24, 2.45) is 5.41 Å². The molecule has 3 rings (SSSR count). The van der Waals surface area contributed by atoms with Crippen LogP contribution < -0.4 is 5.32 Å². The fourth-order valence-corrected chi connectivity index (χ4v) is 2.77. The number of rotatable bonds is 2. The number of nitrogens with zero attached hydrogens (tertiary/aromatic N) is 1. The number of fused-ring (bicyclic) bond motifs is 1. The van der Waals surface area contributed by atoms with E-state index in [2.05, 4.69) is 36.3 Å². The molecule has 0 aliphatic heterocycles. The molecule has 1 N–H and O–H groups in total. The number of nitrogens with one attached hydrogen (secondary N) is 1. The number of aromatic nitrogens is 1. The van der Waals surface area contributed by atoms with E-state index in [1.807, 2.05) is 24.3 Å². The SMILES string of the molecule is CC1(C)C(Cl)CC1Nc1ccc2ccccc2n1. The molecule has 1 aliphatic rings. The van der Waals surface area contributed by atoms with E-state index in [0.717, 1.165) is 17.8 Å². The van der Waals surface area contributed by atoms with Crippen molar-refractivity contribution >= 4 is 28.3 Å². The molecule has 1 saturated carbocycles. The second-order valence-electron chi connectivity index (χ2n) is 5.61. The molecule has 18 heavy (non-hydrogen) atoms. The molecule has 1 heterocycles. The number of hydrogen-bond acceptors (Lipinski definition) is 2. The Labute approximate surface area is 112 Å². The number of alkyl halides is 1. The predicted octanol–water partition coefficient (Wildman–Crippen LogP) is 4.05. The lowest BCUT2D eigenvalue weighted by Crippen LogP contribution is -2.54. The monoisotopic (exact) mass is 260 g/mol. The second-order valence-corrected chi connectivity index (χ2v) is 6.14. The Morgan fingerprint density at radius 2 is 2.00 bits per heavy atom. The minimum absolute atomic E-state index is 0.134. The van der Waals surface area contributed by atoms with Gasteiger partial charge in [-0.3, -0.25) is 0 Å². The highest BCUT2D eigenvalue weighted by molar-refractivity contribution is 6.21. The van der Waals surface area contributed by atoms with Crippen LogP contribution in [-0.4, -0.2) is 16.4 Å². The fraction of sp³-hybridized carbons (Fsp3) is 0.400. The summed E-state index contributed by atoms with van der Waals surface area (Å²) in [5, 5.41) is 4.93. The molecule has 2 atom stereocenters.